The monoisotopic (exact) mass is 704 g/mol. The van der Waals surface area contributed by atoms with Crippen molar-refractivity contribution in [2.75, 3.05) is 0 Å². The van der Waals surface area contributed by atoms with E-state index in [-0.39, 0.29) is 47.5 Å². The Kier molecular flexibility index (Phi) is 10.6. The fourth-order valence-electron chi connectivity index (χ4n) is 9.95. The van der Waals surface area contributed by atoms with Crippen molar-refractivity contribution in [3.05, 3.63) is 0 Å². The maximum Gasteiger partial charge on any atom is 0.432 e. The van der Waals surface area contributed by atoms with Gasteiger partial charge in [0, 0.05) is 17.8 Å². The summed E-state index contributed by atoms with van der Waals surface area (Å²) in [5.74, 6) is -2.64. The molecule has 0 aliphatic heterocycles. The van der Waals surface area contributed by atoms with Gasteiger partial charge in [0.2, 0.25) is 0 Å². The van der Waals surface area contributed by atoms with Crippen LogP contribution in [0, 0.1) is 46.3 Å². The quantitative estimate of drug-likeness (QED) is 0.0917. The minimum atomic E-state index is -6.57. The second kappa shape index (κ2) is 13.4. The van der Waals surface area contributed by atoms with E-state index in [9.17, 15) is 49.5 Å². The summed E-state index contributed by atoms with van der Waals surface area (Å²) in [5, 5.41) is -5.83. The molecule has 17 heteroatoms. The molecule has 0 saturated heterocycles. The molecule has 268 valence electrons. The zero-order valence-corrected chi connectivity index (χ0v) is 27.0. The Morgan fingerprint density at radius 1 is 0.936 bits per heavy atom. The molecule has 0 spiro atoms. The third-order valence-corrected chi connectivity index (χ3v) is 13.0. The number of esters is 1. The van der Waals surface area contributed by atoms with Crippen molar-refractivity contribution in [2.45, 2.75) is 114 Å². The van der Waals surface area contributed by atoms with Crippen molar-refractivity contribution in [3.8, 4) is 0 Å². The Bertz CT molecular complexity index is 1300. The van der Waals surface area contributed by atoms with Gasteiger partial charge in [-0.1, -0.05) is 20.8 Å². The maximum atomic E-state index is 13.9. The van der Waals surface area contributed by atoms with Gasteiger partial charge < -0.3 is 18.9 Å². The first-order chi connectivity index (χ1) is 21.8. The molecule has 1 N–H and O–H groups in total. The van der Waals surface area contributed by atoms with Gasteiger partial charge >= 0.3 is 27.5 Å². The molecule has 0 radical (unpaired) electrons. The number of alkyl halides is 5. The van der Waals surface area contributed by atoms with Gasteiger partial charge in [-0.15, -0.1) is 0 Å². The van der Waals surface area contributed by atoms with Crippen LogP contribution in [-0.2, 0) is 48.2 Å². The predicted molar refractivity (Wildman–Crippen MR) is 150 cm³/mol. The van der Waals surface area contributed by atoms with Gasteiger partial charge in [-0.05, 0) is 86.4 Å². The molecule has 0 bridgehead atoms. The summed E-state index contributed by atoms with van der Waals surface area (Å²) in [4.78, 5) is 46.9. The number of hydrogen-bond acceptors (Lipinski definition) is 10. The van der Waals surface area contributed by atoms with Gasteiger partial charge in [0.15, 0.2) is 0 Å². The highest BCUT2D eigenvalue weighted by atomic mass is 32.2. The predicted octanol–water partition coefficient (Wildman–Crippen LogP) is 4.86. The highest BCUT2D eigenvalue weighted by molar-refractivity contribution is 7.86. The van der Waals surface area contributed by atoms with Crippen molar-refractivity contribution in [2.24, 2.45) is 46.3 Å². The largest absolute Gasteiger partial charge is 0.465 e. The molecular weight excluding hydrogens is 663 g/mol. The summed E-state index contributed by atoms with van der Waals surface area (Å²) >= 11 is 0. The summed E-state index contributed by atoms with van der Waals surface area (Å²) < 4.78 is 119. The van der Waals surface area contributed by atoms with Crippen molar-refractivity contribution in [1.29, 1.82) is 0 Å². The highest BCUT2D eigenvalue weighted by Gasteiger charge is 2.68. The normalized spacial score (nSPS) is 38.4. The third-order valence-electron chi connectivity index (χ3n) is 12.1. The molecule has 4 aliphatic rings. The van der Waals surface area contributed by atoms with E-state index < -0.39 is 63.6 Å². The van der Waals surface area contributed by atoms with E-state index in [4.69, 9.17) is 18.8 Å². The van der Waals surface area contributed by atoms with Crippen LogP contribution in [0.25, 0.3) is 0 Å². The Labute approximate surface area is 269 Å². The van der Waals surface area contributed by atoms with E-state index in [1.807, 2.05) is 6.92 Å². The summed E-state index contributed by atoms with van der Waals surface area (Å²) in [7, 11) is -6.57. The highest BCUT2D eigenvalue weighted by Crippen LogP contribution is 2.69. The molecule has 0 aromatic carbocycles. The lowest BCUT2D eigenvalue weighted by Crippen LogP contribution is -2.63. The number of carbonyl (C=O) groups excluding carboxylic acids is 4. The van der Waals surface area contributed by atoms with Crippen LogP contribution in [0.1, 0.15) is 78.6 Å². The van der Waals surface area contributed by atoms with Crippen molar-refractivity contribution < 1.29 is 73.0 Å². The molecule has 0 heterocycles. The molecule has 4 aliphatic carbocycles. The van der Waals surface area contributed by atoms with E-state index >= 15 is 0 Å². The number of carbonyl (C=O) groups is 4. The van der Waals surface area contributed by atoms with Gasteiger partial charge in [0.25, 0.3) is 25.5 Å². The lowest BCUT2D eigenvalue weighted by atomic mass is 9.43. The summed E-state index contributed by atoms with van der Waals surface area (Å²) in [6.45, 7) is 7.07. The van der Waals surface area contributed by atoms with Gasteiger partial charge in [-0.2, -0.15) is 30.4 Å². The van der Waals surface area contributed by atoms with Crippen molar-refractivity contribution in [3.63, 3.8) is 0 Å². The lowest BCUT2D eigenvalue weighted by Gasteiger charge is -2.64. The lowest BCUT2D eigenvalue weighted by molar-refractivity contribution is -0.259. The van der Waals surface area contributed by atoms with E-state index in [0.717, 1.165) is 6.42 Å². The van der Waals surface area contributed by atoms with Crippen LogP contribution < -0.4 is 0 Å². The van der Waals surface area contributed by atoms with Crippen LogP contribution >= 0.6 is 0 Å². The summed E-state index contributed by atoms with van der Waals surface area (Å²) in [6, 6.07) is 0. The molecule has 0 aromatic heterocycles. The fraction of sp³-hybridized carbons (Fsp3) is 0.867. The zero-order chi connectivity index (χ0) is 35.2. The first kappa shape index (κ1) is 37.3. The van der Waals surface area contributed by atoms with Gasteiger partial charge in [0.1, 0.15) is 18.3 Å². The number of halogens is 5. The van der Waals surface area contributed by atoms with Gasteiger partial charge in [-0.25, -0.2) is 0 Å². The van der Waals surface area contributed by atoms with Gasteiger partial charge in [-0.3, -0.25) is 23.7 Å². The van der Waals surface area contributed by atoms with Crippen LogP contribution in [0.3, 0.4) is 0 Å². The van der Waals surface area contributed by atoms with Crippen molar-refractivity contribution >= 4 is 35.5 Å². The summed E-state index contributed by atoms with van der Waals surface area (Å²) in [6.07, 6.45) is -8.48. The second-order valence-corrected chi connectivity index (χ2v) is 15.6. The summed E-state index contributed by atoms with van der Waals surface area (Å²) in [5.41, 5.74) is -0.960. The SMILES string of the molecule is C[C@H](CCC(=O)OC(C(F)(F)F)C(F)(F)S(=O)(=O)O)[C@H]1CC[C@H]2[C@@H]3C(OC=O)C[C@@H]4CC(OC=O)CC[C@]4(C)[C@H]3CC(OC=O)[C@]12C. The molecule has 0 aromatic rings. The fourth-order valence-corrected chi connectivity index (χ4v) is 10.4. The molecule has 47 heavy (non-hydrogen) atoms. The van der Waals surface area contributed by atoms with Crippen LogP contribution in [-0.4, -0.2) is 74.2 Å². The number of hydrogen-bond donors (Lipinski definition) is 1. The molecular formula is C30H41F5O11S. The number of rotatable bonds is 13. The van der Waals surface area contributed by atoms with Gasteiger partial charge in [0.05, 0.1) is 0 Å². The standard InChI is InChI=1S/C30H41F5O11S/c1-16(4-7-24(39)46-26(29(31,32)33)30(34,35)47(40,41)42)19-5-6-20-25-21(12-23(45-15-38)28(19,20)3)27(2)9-8-18(43-13-36)10-17(27)11-22(25)44-14-37/h13-23,25-26H,4-12H2,1-3H3,(H,40,41,42)/t16-,17+,18?,19-,20+,21+,22?,23?,25+,26?,27+,28-/m1/s1. The molecule has 0 amide bonds. The Morgan fingerprint density at radius 3 is 2.15 bits per heavy atom. The first-order valence-corrected chi connectivity index (χ1v) is 17.1. The van der Waals surface area contributed by atoms with Crippen LogP contribution in [0.4, 0.5) is 22.0 Å². The second-order valence-electron chi connectivity index (χ2n) is 14.1. The average Bonchev–Trinajstić information content (AvgIpc) is 3.33. The molecule has 12 atom stereocenters. The van der Waals surface area contributed by atoms with E-state index in [0.29, 0.717) is 57.9 Å². The molecule has 11 nitrogen and oxygen atoms in total. The minimum Gasteiger partial charge on any atom is -0.465 e. The minimum absolute atomic E-state index is 0.0285. The Balaban J connectivity index is 1.56. The zero-order valence-electron chi connectivity index (χ0n) is 26.2. The van der Waals surface area contributed by atoms with Crippen molar-refractivity contribution in [1.82, 2.24) is 0 Å². The van der Waals surface area contributed by atoms with Crippen LogP contribution in [0.15, 0.2) is 0 Å². The smallest absolute Gasteiger partial charge is 0.432 e. The third kappa shape index (κ3) is 6.71. The Morgan fingerprint density at radius 2 is 1.57 bits per heavy atom. The molecule has 4 saturated carbocycles. The molecule has 4 fully saturated rings. The molecule has 4 unspecified atom stereocenters. The average molecular weight is 705 g/mol. The van der Waals surface area contributed by atoms with E-state index in [1.165, 1.54) is 0 Å². The maximum absolute atomic E-state index is 13.9. The van der Waals surface area contributed by atoms with E-state index in [1.54, 1.807) is 6.92 Å². The molecule has 4 rings (SSSR count). The van der Waals surface area contributed by atoms with Crippen LogP contribution in [0.2, 0.25) is 0 Å². The number of fused-ring (bicyclic) bond motifs is 5. The Hall–Kier alpha value is -2.56. The van der Waals surface area contributed by atoms with E-state index in [2.05, 4.69) is 11.7 Å². The topological polar surface area (TPSA) is 160 Å². The first-order valence-electron chi connectivity index (χ1n) is 15.7. The number of ether oxygens (including phenoxy) is 4. The van der Waals surface area contributed by atoms with Crippen LogP contribution in [0.5, 0.6) is 0 Å².